The van der Waals surface area contributed by atoms with Crippen LogP contribution in [0, 0.1) is 13.8 Å². The molecule has 4 aromatic carbocycles. The number of benzene rings is 4. The van der Waals surface area contributed by atoms with Gasteiger partial charge in [-0.05, 0) is 72.4 Å². The van der Waals surface area contributed by atoms with Gasteiger partial charge in [0.15, 0.2) is 5.78 Å². The Hall–Kier alpha value is -4.23. The third kappa shape index (κ3) is 6.66. The van der Waals surface area contributed by atoms with Gasteiger partial charge in [-0.25, -0.2) is 8.42 Å². The normalized spacial score (nSPS) is 11.6. The maximum absolute atomic E-state index is 13.6. The van der Waals surface area contributed by atoms with Gasteiger partial charge in [0.05, 0.1) is 10.6 Å². The molecule has 6 nitrogen and oxygen atoms in total. The molecule has 0 saturated heterocycles. The van der Waals surface area contributed by atoms with E-state index >= 15 is 0 Å². The average Bonchev–Trinajstić information content (AvgIpc) is 2.91. The SMILES string of the molecule is Cc1cc(C)cc(N(CC(=O)Nc2cccc(C(=O)c3ccc(C(C)(C)C)cc3)c2)S(=O)(=O)c2ccccc2)c1. The number of aryl methyl sites for hydroxylation is 2. The highest BCUT2D eigenvalue weighted by Crippen LogP contribution is 2.27. The van der Waals surface area contributed by atoms with Crippen molar-refractivity contribution in [2.45, 2.75) is 44.9 Å². The number of nitrogens with one attached hydrogen (secondary N) is 1. The number of anilines is 2. The Balaban J connectivity index is 1.58. The van der Waals surface area contributed by atoms with Gasteiger partial charge in [-0.15, -0.1) is 0 Å². The van der Waals surface area contributed by atoms with Crippen molar-refractivity contribution >= 4 is 33.1 Å². The monoisotopic (exact) mass is 554 g/mol. The molecule has 1 amide bonds. The number of ketones is 1. The van der Waals surface area contributed by atoms with E-state index in [1.807, 2.05) is 44.2 Å². The standard InChI is InChI=1S/C33H34N2O4S/c1-23-18-24(2)20-29(19-23)35(40(38,39)30-12-7-6-8-13-30)22-31(36)34-28-11-9-10-26(21-28)32(37)25-14-16-27(17-15-25)33(3,4)5/h6-21H,22H2,1-5H3,(H,34,36). The van der Waals surface area contributed by atoms with E-state index in [1.54, 1.807) is 54.6 Å². The maximum atomic E-state index is 13.6. The number of carbonyl (C=O) groups is 2. The maximum Gasteiger partial charge on any atom is 0.264 e. The summed E-state index contributed by atoms with van der Waals surface area (Å²) >= 11 is 0. The molecule has 4 aromatic rings. The second-order valence-electron chi connectivity index (χ2n) is 11.0. The van der Waals surface area contributed by atoms with Crippen LogP contribution in [0.4, 0.5) is 11.4 Å². The summed E-state index contributed by atoms with van der Waals surface area (Å²) in [5.41, 5.74) is 4.64. The summed E-state index contributed by atoms with van der Waals surface area (Å²) in [7, 11) is -4.03. The van der Waals surface area contributed by atoms with Crippen molar-refractivity contribution < 1.29 is 18.0 Å². The zero-order valence-electron chi connectivity index (χ0n) is 23.4. The van der Waals surface area contributed by atoms with Crippen LogP contribution in [0.2, 0.25) is 0 Å². The highest BCUT2D eigenvalue weighted by molar-refractivity contribution is 7.92. The second kappa shape index (κ2) is 11.5. The number of amides is 1. The molecule has 0 radical (unpaired) electrons. The third-order valence-electron chi connectivity index (χ3n) is 6.53. The molecule has 0 spiro atoms. The first-order valence-corrected chi connectivity index (χ1v) is 14.5. The van der Waals surface area contributed by atoms with E-state index in [1.165, 1.54) is 12.1 Å². The second-order valence-corrected chi connectivity index (χ2v) is 12.8. The molecule has 1 N–H and O–H groups in total. The van der Waals surface area contributed by atoms with Crippen molar-refractivity contribution in [1.29, 1.82) is 0 Å². The first-order valence-electron chi connectivity index (χ1n) is 13.1. The van der Waals surface area contributed by atoms with Gasteiger partial charge in [0.2, 0.25) is 5.91 Å². The summed E-state index contributed by atoms with van der Waals surface area (Å²) in [4.78, 5) is 26.5. The molecule has 40 heavy (non-hydrogen) atoms. The summed E-state index contributed by atoms with van der Waals surface area (Å²) in [5, 5.41) is 2.77. The molecule has 4 rings (SSSR count). The lowest BCUT2D eigenvalue weighted by Gasteiger charge is -2.25. The molecule has 0 saturated carbocycles. The Morgan fingerprint density at radius 2 is 1.38 bits per heavy atom. The highest BCUT2D eigenvalue weighted by Gasteiger charge is 2.27. The van der Waals surface area contributed by atoms with Gasteiger partial charge in [-0.3, -0.25) is 13.9 Å². The average molecular weight is 555 g/mol. The van der Waals surface area contributed by atoms with Gasteiger partial charge in [0.1, 0.15) is 6.54 Å². The van der Waals surface area contributed by atoms with Crippen LogP contribution in [0.5, 0.6) is 0 Å². The largest absolute Gasteiger partial charge is 0.324 e. The van der Waals surface area contributed by atoms with Gasteiger partial charge >= 0.3 is 0 Å². The van der Waals surface area contributed by atoms with Crippen LogP contribution >= 0.6 is 0 Å². The quantitative estimate of drug-likeness (QED) is 0.247. The lowest BCUT2D eigenvalue weighted by molar-refractivity contribution is -0.114. The van der Waals surface area contributed by atoms with Gasteiger partial charge in [0.25, 0.3) is 10.0 Å². The number of rotatable bonds is 8. The first-order chi connectivity index (χ1) is 18.8. The fourth-order valence-corrected chi connectivity index (χ4v) is 5.91. The van der Waals surface area contributed by atoms with Crippen molar-refractivity contribution in [3.63, 3.8) is 0 Å². The lowest BCUT2D eigenvalue weighted by Crippen LogP contribution is -2.38. The van der Waals surface area contributed by atoms with E-state index in [2.05, 4.69) is 26.1 Å². The topological polar surface area (TPSA) is 83.6 Å². The zero-order chi connectivity index (χ0) is 29.1. The molecule has 0 fully saturated rings. The Morgan fingerprint density at radius 1 is 0.750 bits per heavy atom. The summed E-state index contributed by atoms with van der Waals surface area (Å²) in [5.74, 6) is -0.696. The summed E-state index contributed by atoms with van der Waals surface area (Å²) in [6, 6.07) is 27.6. The van der Waals surface area contributed by atoms with Gasteiger partial charge in [0, 0.05) is 16.8 Å². The Kier molecular flexibility index (Phi) is 8.26. The molecule has 0 aliphatic heterocycles. The molecular formula is C33H34N2O4S. The molecule has 0 bridgehead atoms. The van der Waals surface area contributed by atoms with Crippen LogP contribution in [-0.4, -0.2) is 26.7 Å². The van der Waals surface area contributed by atoms with Crippen LogP contribution in [0.3, 0.4) is 0 Å². The minimum atomic E-state index is -4.03. The van der Waals surface area contributed by atoms with Crippen LogP contribution in [-0.2, 0) is 20.2 Å². The Labute approximate surface area is 236 Å². The number of hydrogen-bond donors (Lipinski definition) is 1. The fourth-order valence-electron chi connectivity index (χ4n) is 4.49. The predicted octanol–water partition coefficient (Wildman–Crippen LogP) is 6.67. The number of carbonyl (C=O) groups excluding carboxylic acids is 2. The van der Waals surface area contributed by atoms with Crippen LogP contribution in [0.1, 0.15) is 53.4 Å². The van der Waals surface area contributed by atoms with E-state index in [4.69, 9.17) is 0 Å². The Morgan fingerprint density at radius 3 is 1.98 bits per heavy atom. The van der Waals surface area contributed by atoms with E-state index in [-0.39, 0.29) is 16.1 Å². The predicted molar refractivity (Wildman–Crippen MR) is 161 cm³/mol. The summed E-state index contributed by atoms with van der Waals surface area (Å²) < 4.78 is 28.4. The van der Waals surface area contributed by atoms with Crippen LogP contribution < -0.4 is 9.62 Å². The third-order valence-corrected chi connectivity index (χ3v) is 8.32. The molecule has 0 aromatic heterocycles. The van der Waals surface area contributed by atoms with Gasteiger partial charge in [-0.1, -0.05) is 81.4 Å². The number of nitrogens with zero attached hydrogens (tertiary/aromatic N) is 1. The zero-order valence-corrected chi connectivity index (χ0v) is 24.2. The van der Waals surface area contributed by atoms with Crippen LogP contribution in [0.25, 0.3) is 0 Å². The number of sulfonamides is 1. The van der Waals surface area contributed by atoms with E-state index in [0.29, 0.717) is 22.5 Å². The van der Waals surface area contributed by atoms with Gasteiger partial charge in [-0.2, -0.15) is 0 Å². The minimum absolute atomic E-state index is 0.0230. The molecule has 0 atom stereocenters. The van der Waals surface area contributed by atoms with Crippen molar-refractivity contribution in [3.8, 4) is 0 Å². The van der Waals surface area contributed by atoms with Crippen molar-refractivity contribution in [3.05, 3.63) is 125 Å². The molecule has 206 valence electrons. The van der Waals surface area contributed by atoms with E-state index in [9.17, 15) is 18.0 Å². The van der Waals surface area contributed by atoms with E-state index < -0.39 is 22.5 Å². The Bertz CT molecular complexity index is 1620. The molecule has 0 heterocycles. The summed E-state index contributed by atoms with van der Waals surface area (Å²) in [6.07, 6.45) is 0. The molecule has 0 aliphatic carbocycles. The van der Waals surface area contributed by atoms with E-state index in [0.717, 1.165) is 21.0 Å². The van der Waals surface area contributed by atoms with Crippen LogP contribution in [0.15, 0.2) is 102 Å². The lowest BCUT2D eigenvalue weighted by atomic mass is 9.86. The smallest absolute Gasteiger partial charge is 0.264 e. The molecule has 0 aliphatic rings. The van der Waals surface area contributed by atoms with Crippen molar-refractivity contribution in [2.24, 2.45) is 0 Å². The minimum Gasteiger partial charge on any atom is -0.324 e. The fraction of sp³-hybridized carbons (Fsp3) is 0.212. The molecule has 7 heteroatoms. The van der Waals surface area contributed by atoms with Crippen molar-refractivity contribution in [1.82, 2.24) is 0 Å². The highest BCUT2D eigenvalue weighted by atomic mass is 32.2. The summed E-state index contributed by atoms with van der Waals surface area (Å²) in [6.45, 7) is 9.66. The van der Waals surface area contributed by atoms with Crippen molar-refractivity contribution in [2.75, 3.05) is 16.2 Å². The first kappa shape index (κ1) is 28.8. The molecule has 0 unspecified atom stereocenters. The molecular weight excluding hydrogens is 520 g/mol. The number of hydrogen-bond acceptors (Lipinski definition) is 4. The van der Waals surface area contributed by atoms with Gasteiger partial charge < -0.3 is 5.32 Å².